The summed E-state index contributed by atoms with van der Waals surface area (Å²) >= 11 is 0. The lowest BCUT2D eigenvalue weighted by molar-refractivity contribution is 0.0696. The van der Waals surface area contributed by atoms with Crippen LogP contribution >= 0.6 is 0 Å². The fourth-order valence-corrected chi connectivity index (χ4v) is 3.49. The molecule has 0 amide bonds. The highest BCUT2D eigenvalue weighted by Crippen LogP contribution is 2.43. The van der Waals surface area contributed by atoms with Crippen molar-refractivity contribution in [1.29, 1.82) is 0 Å². The van der Waals surface area contributed by atoms with Crippen molar-refractivity contribution in [3.05, 3.63) is 29.3 Å². The number of carboxylic acids is 1. The summed E-state index contributed by atoms with van der Waals surface area (Å²) in [5.74, 6) is -0.852. The molecule has 20 heavy (non-hydrogen) atoms. The van der Waals surface area contributed by atoms with Crippen molar-refractivity contribution >= 4 is 11.7 Å². The van der Waals surface area contributed by atoms with Crippen LogP contribution < -0.4 is 4.90 Å². The molecule has 2 aliphatic rings. The zero-order valence-electron chi connectivity index (χ0n) is 12.2. The van der Waals surface area contributed by atoms with Gasteiger partial charge in [-0.25, -0.2) is 4.79 Å². The van der Waals surface area contributed by atoms with E-state index in [9.17, 15) is 4.79 Å². The van der Waals surface area contributed by atoms with Crippen LogP contribution in [0.4, 0.5) is 5.69 Å². The Morgan fingerprint density at radius 1 is 1.25 bits per heavy atom. The van der Waals surface area contributed by atoms with Crippen molar-refractivity contribution in [3.8, 4) is 0 Å². The smallest absolute Gasteiger partial charge is 0.335 e. The van der Waals surface area contributed by atoms with Gasteiger partial charge in [0.25, 0.3) is 0 Å². The summed E-state index contributed by atoms with van der Waals surface area (Å²) in [5, 5.41) is 9.02. The highest BCUT2D eigenvalue weighted by molar-refractivity contribution is 5.88. The number of benzene rings is 1. The van der Waals surface area contributed by atoms with Crippen LogP contribution in [-0.4, -0.2) is 49.2 Å². The molecule has 2 saturated heterocycles. The second-order valence-corrected chi connectivity index (χ2v) is 6.47. The molecular formula is C16H22N2O2. The summed E-state index contributed by atoms with van der Waals surface area (Å²) in [6.07, 6.45) is 2.57. The van der Waals surface area contributed by atoms with E-state index < -0.39 is 5.97 Å². The molecule has 2 heterocycles. The second-order valence-electron chi connectivity index (χ2n) is 6.47. The van der Waals surface area contributed by atoms with Crippen molar-refractivity contribution in [3.63, 3.8) is 0 Å². The first-order chi connectivity index (χ1) is 9.49. The standard InChI is InChI=1S/C16H22N2O2/c1-12-9-13(15(19)20)3-4-14(12)18-10-16(11-18)5-7-17(2)8-6-16/h3-4,9H,5-8,10-11H2,1-2H3,(H,19,20). The molecule has 0 aromatic heterocycles. The number of rotatable bonds is 2. The van der Waals surface area contributed by atoms with E-state index in [-0.39, 0.29) is 0 Å². The van der Waals surface area contributed by atoms with Crippen molar-refractivity contribution in [2.45, 2.75) is 19.8 Å². The maximum absolute atomic E-state index is 11.0. The minimum atomic E-state index is -0.852. The van der Waals surface area contributed by atoms with Gasteiger partial charge in [-0.3, -0.25) is 0 Å². The van der Waals surface area contributed by atoms with Crippen LogP contribution in [0.2, 0.25) is 0 Å². The van der Waals surface area contributed by atoms with Gasteiger partial charge in [-0.2, -0.15) is 0 Å². The molecule has 3 rings (SSSR count). The molecule has 1 aromatic rings. The van der Waals surface area contributed by atoms with E-state index in [1.54, 1.807) is 12.1 Å². The molecule has 0 atom stereocenters. The fourth-order valence-electron chi connectivity index (χ4n) is 3.49. The SMILES string of the molecule is Cc1cc(C(=O)O)ccc1N1CC2(CCN(C)CC2)C1. The molecule has 0 bridgehead atoms. The van der Waals surface area contributed by atoms with Gasteiger partial charge < -0.3 is 14.9 Å². The third kappa shape index (κ3) is 2.29. The van der Waals surface area contributed by atoms with Crippen LogP contribution in [0, 0.1) is 12.3 Å². The number of aryl methyl sites for hydroxylation is 1. The number of piperidine rings is 1. The molecule has 0 saturated carbocycles. The van der Waals surface area contributed by atoms with Gasteiger partial charge in [-0.15, -0.1) is 0 Å². The number of hydrogen-bond acceptors (Lipinski definition) is 3. The fraction of sp³-hybridized carbons (Fsp3) is 0.562. The third-order valence-electron chi connectivity index (χ3n) is 4.88. The zero-order valence-corrected chi connectivity index (χ0v) is 12.2. The third-order valence-corrected chi connectivity index (χ3v) is 4.88. The van der Waals surface area contributed by atoms with Crippen LogP contribution in [0.15, 0.2) is 18.2 Å². The second kappa shape index (κ2) is 4.77. The average molecular weight is 274 g/mol. The Kier molecular flexibility index (Phi) is 3.21. The van der Waals surface area contributed by atoms with E-state index in [0.29, 0.717) is 11.0 Å². The molecule has 0 aliphatic carbocycles. The highest BCUT2D eigenvalue weighted by atomic mass is 16.4. The Balaban J connectivity index is 1.69. The predicted molar refractivity (Wildman–Crippen MR) is 79.5 cm³/mol. The summed E-state index contributed by atoms with van der Waals surface area (Å²) in [4.78, 5) is 15.8. The lowest BCUT2D eigenvalue weighted by Crippen LogP contribution is -2.60. The maximum Gasteiger partial charge on any atom is 0.335 e. The number of carbonyl (C=O) groups is 1. The van der Waals surface area contributed by atoms with E-state index in [2.05, 4.69) is 16.8 Å². The summed E-state index contributed by atoms with van der Waals surface area (Å²) < 4.78 is 0. The Morgan fingerprint density at radius 3 is 2.45 bits per heavy atom. The molecule has 1 aromatic carbocycles. The zero-order chi connectivity index (χ0) is 14.3. The van der Waals surface area contributed by atoms with Crippen molar-refractivity contribution in [2.75, 3.05) is 38.1 Å². The Labute approximate surface area is 120 Å². The highest BCUT2D eigenvalue weighted by Gasteiger charge is 2.44. The lowest BCUT2D eigenvalue weighted by atomic mass is 9.71. The molecule has 1 N–H and O–H groups in total. The Bertz CT molecular complexity index is 525. The van der Waals surface area contributed by atoms with Crippen molar-refractivity contribution in [2.24, 2.45) is 5.41 Å². The minimum Gasteiger partial charge on any atom is -0.478 e. The molecule has 2 aliphatic heterocycles. The molecule has 2 fully saturated rings. The van der Waals surface area contributed by atoms with E-state index >= 15 is 0 Å². The molecule has 108 valence electrons. The van der Waals surface area contributed by atoms with Gasteiger partial charge >= 0.3 is 5.97 Å². The predicted octanol–water partition coefficient (Wildman–Crippen LogP) is 2.23. The Hall–Kier alpha value is -1.55. The summed E-state index contributed by atoms with van der Waals surface area (Å²) in [7, 11) is 2.19. The molecular weight excluding hydrogens is 252 g/mol. The van der Waals surface area contributed by atoms with Gasteiger partial charge in [0, 0.05) is 24.2 Å². The van der Waals surface area contributed by atoms with Crippen molar-refractivity contribution in [1.82, 2.24) is 4.90 Å². The largest absolute Gasteiger partial charge is 0.478 e. The summed E-state index contributed by atoms with van der Waals surface area (Å²) in [6, 6.07) is 5.45. The van der Waals surface area contributed by atoms with Crippen LogP contribution in [0.25, 0.3) is 0 Å². The number of carboxylic acid groups (broad SMARTS) is 1. The van der Waals surface area contributed by atoms with Gasteiger partial charge in [-0.1, -0.05) is 0 Å². The van der Waals surface area contributed by atoms with E-state index in [4.69, 9.17) is 5.11 Å². The number of anilines is 1. The number of aromatic carboxylic acids is 1. The molecule has 1 spiro atoms. The van der Waals surface area contributed by atoms with Gasteiger partial charge in [0.05, 0.1) is 5.56 Å². The number of hydrogen-bond donors (Lipinski definition) is 1. The minimum absolute atomic E-state index is 0.376. The average Bonchev–Trinajstić information content (AvgIpc) is 2.38. The summed E-state index contributed by atoms with van der Waals surface area (Å²) in [5.41, 5.74) is 3.14. The molecule has 0 unspecified atom stereocenters. The van der Waals surface area contributed by atoms with Crippen LogP contribution in [0.1, 0.15) is 28.8 Å². The summed E-state index contributed by atoms with van der Waals surface area (Å²) in [6.45, 7) is 6.64. The first-order valence-corrected chi connectivity index (χ1v) is 7.27. The number of likely N-dealkylation sites (tertiary alicyclic amines) is 1. The van der Waals surface area contributed by atoms with Gasteiger partial charge in [0.15, 0.2) is 0 Å². The van der Waals surface area contributed by atoms with Crippen LogP contribution in [-0.2, 0) is 0 Å². The van der Waals surface area contributed by atoms with Gasteiger partial charge in [-0.05, 0) is 63.7 Å². The molecule has 4 nitrogen and oxygen atoms in total. The number of nitrogens with zero attached hydrogens (tertiary/aromatic N) is 2. The molecule has 4 heteroatoms. The topological polar surface area (TPSA) is 43.8 Å². The quantitative estimate of drug-likeness (QED) is 0.898. The van der Waals surface area contributed by atoms with Gasteiger partial charge in [0.1, 0.15) is 0 Å². The maximum atomic E-state index is 11.0. The molecule has 0 radical (unpaired) electrons. The van der Waals surface area contributed by atoms with Crippen LogP contribution in [0.3, 0.4) is 0 Å². The monoisotopic (exact) mass is 274 g/mol. The van der Waals surface area contributed by atoms with E-state index in [1.807, 2.05) is 13.0 Å². The normalized spacial score (nSPS) is 21.8. The van der Waals surface area contributed by atoms with Gasteiger partial charge in [0.2, 0.25) is 0 Å². The van der Waals surface area contributed by atoms with Crippen molar-refractivity contribution < 1.29 is 9.90 Å². The first kappa shape index (κ1) is 13.4. The van der Waals surface area contributed by atoms with E-state index in [0.717, 1.165) is 18.7 Å². The lowest BCUT2D eigenvalue weighted by Gasteiger charge is -2.55. The first-order valence-electron chi connectivity index (χ1n) is 7.27. The Morgan fingerprint density at radius 2 is 1.90 bits per heavy atom. The van der Waals surface area contributed by atoms with Crippen LogP contribution in [0.5, 0.6) is 0 Å². The van der Waals surface area contributed by atoms with E-state index in [1.165, 1.54) is 31.6 Å².